The van der Waals surface area contributed by atoms with Gasteiger partial charge in [0.2, 0.25) is 0 Å². The van der Waals surface area contributed by atoms with Crippen molar-refractivity contribution in [2.75, 3.05) is 25.1 Å². The lowest BCUT2D eigenvalue weighted by atomic mass is 10.2. The fourth-order valence-corrected chi connectivity index (χ4v) is 3.82. The summed E-state index contributed by atoms with van der Waals surface area (Å²) in [4.78, 5) is 0. The summed E-state index contributed by atoms with van der Waals surface area (Å²) in [7, 11) is 0. The lowest BCUT2D eigenvalue weighted by Crippen LogP contribution is -2.15. The quantitative estimate of drug-likeness (QED) is 0.450. The number of fused-ring (bicyclic) bond motifs is 1. The number of hydrogen-bond donors (Lipinski definition) is 1. The Kier molecular flexibility index (Phi) is 6.64. The second-order valence-corrected chi connectivity index (χ2v) is 7.68. The van der Waals surface area contributed by atoms with Crippen LogP contribution < -0.4 is 24.3 Å². The Morgan fingerprint density at radius 1 is 0.900 bits per heavy atom. The van der Waals surface area contributed by atoms with Gasteiger partial charge in [0, 0.05) is 18.3 Å². The SMILES string of the molecule is CCOc1cc(CNc2ccc3c(c2)OCCO3)cc(Br)c1OCc1ccccc1. The number of benzene rings is 3. The number of halogens is 1. The maximum atomic E-state index is 6.06. The van der Waals surface area contributed by atoms with Gasteiger partial charge in [-0.2, -0.15) is 0 Å². The Morgan fingerprint density at radius 2 is 1.70 bits per heavy atom. The van der Waals surface area contributed by atoms with Crippen molar-refractivity contribution < 1.29 is 18.9 Å². The molecule has 0 saturated heterocycles. The molecule has 156 valence electrons. The van der Waals surface area contributed by atoms with Crippen molar-refractivity contribution in [3.63, 3.8) is 0 Å². The van der Waals surface area contributed by atoms with E-state index in [9.17, 15) is 0 Å². The Balaban J connectivity index is 1.47. The predicted molar refractivity (Wildman–Crippen MR) is 121 cm³/mol. The molecule has 0 spiro atoms. The van der Waals surface area contributed by atoms with Crippen LogP contribution in [-0.4, -0.2) is 19.8 Å². The van der Waals surface area contributed by atoms with Gasteiger partial charge in [0.15, 0.2) is 23.0 Å². The van der Waals surface area contributed by atoms with E-state index in [2.05, 4.69) is 21.2 Å². The van der Waals surface area contributed by atoms with Gasteiger partial charge < -0.3 is 24.3 Å². The van der Waals surface area contributed by atoms with E-state index in [1.165, 1.54) is 0 Å². The van der Waals surface area contributed by atoms with E-state index < -0.39 is 0 Å². The van der Waals surface area contributed by atoms with Crippen molar-refractivity contribution in [2.24, 2.45) is 0 Å². The Bertz CT molecular complexity index is 994. The zero-order valence-corrected chi connectivity index (χ0v) is 18.4. The third-order valence-corrected chi connectivity index (χ3v) is 5.22. The largest absolute Gasteiger partial charge is 0.490 e. The molecule has 0 aliphatic carbocycles. The maximum absolute atomic E-state index is 6.06. The van der Waals surface area contributed by atoms with Crippen LogP contribution >= 0.6 is 15.9 Å². The molecule has 0 aromatic heterocycles. The number of ether oxygens (including phenoxy) is 4. The lowest BCUT2D eigenvalue weighted by Gasteiger charge is -2.19. The average molecular weight is 470 g/mol. The second-order valence-electron chi connectivity index (χ2n) is 6.82. The average Bonchev–Trinajstić information content (AvgIpc) is 2.78. The van der Waals surface area contributed by atoms with Crippen molar-refractivity contribution in [1.82, 2.24) is 0 Å². The van der Waals surface area contributed by atoms with Crippen LogP contribution in [0.15, 0.2) is 65.1 Å². The molecule has 0 bridgehead atoms. The minimum atomic E-state index is 0.480. The highest BCUT2D eigenvalue weighted by molar-refractivity contribution is 9.10. The molecule has 0 saturated carbocycles. The monoisotopic (exact) mass is 469 g/mol. The van der Waals surface area contributed by atoms with Gasteiger partial charge in [-0.1, -0.05) is 30.3 Å². The van der Waals surface area contributed by atoms with Crippen LogP contribution in [0.1, 0.15) is 18.1 Å². The lowest BCUT2D eigenvalue weighted by molar-refractivity contribution is 0.171. The van der Waals surface area contributed by atoms with E-state index in [4.69, 9.17) is 18.9 Å². The minimum Gasteiger partial charge on any atom is -0.490 e. The minimum absolute atomic E-state index is 0.480. The van der Waals surface area contributed by atoms with Gasteiger partial charge in [-0.25, -0.2) is 0 Å². The fourth-order valence-electron chi connectivity index (χ4n) is 3.21. The fraction of sp³-hybridized carbons (Fsp3) is 0.250. The van der Waals surface area contributed by atoms with Crippen molar-refractivity contribution in [3.05, 3.63) is 76.3 Å². The summed E-state index contributed by atoms with van der Waals surface area (Å²) in [6.07, 6.45) is 0. The van der Waals surface area contributed by atoms with Gasteiger partial charge in [-0.05, 0) is 58.2 Å². The van der Waals surface area contributed by atoms with Crippen molar-refractivity contribution >= 4 is 21.6 Å². The first-order valence-corrected chi connectivity index (χ1v) is 10.8. The highest BCUT2D eigenvalue weighted by atomic mass is 79.9. The molecular weight excluding hydrogens is 446 g/mol. The highest BCUT2D eigenvalue weighted by Crippen LogP contribution is 2.38. The molecule has 1 aliphatic rings. The van der Waals surface area contributed by atoms with Gasteiger partial charge >= 0.3 is 0 Å². The molecule has 1 N–H and O–H groups in total. The first-order chi connectivity index (χ1) is 14.7. The van der Waals surface area contributed by atoms with Crippen molar-refractivity contribution in [2.45, 2.75) is 20.1 Å². The molecule has 6 heteroatoms. The number of anilines is 1. The summed E-state index contributed by atoms with van der Waals surface area (Å²) < 4.78 is 24.0. The molecular formula is C24H24BrNO4. The first-order valence-electron chi connectivity index (χ1n) is 9.98. The van der Waals surface area contributed by atoms with E-state index in [0.717, 1.165) is 38.5 Å². The van der Waals surface area contributed by atoms with Crippen LogP contribution in [0.4, 0.5) is 5.69 Å². The summed E-state index contributed by atoms with van der Waals surface area (Å²) in [5.74, 6) is 2.99. The molecule has 3 aromatic carbocycles. The second kappa shape index (κ2) is 9.76. The number of rotatable bonds is 8. The van der Waals surface area contributed by atoms with Crippen LogP contribution in [0.5, 0.6) is 23.0 Å². The van der Waals surface area contributed by atoms with Crippen LogP contribution in [0.3, 0.4) is 0 Å². The Labute approximate surface area is 185 Å². The van der Waals surface area contributed by atoms with Crippen molar-refractivity contribution in [3.8, 4) is 23.0 Å². The number of hydrogen-bond acceptors (Lipinski definition) is 5. The summed E-state index contributed by atoms with van der Waals surface area (Å²) in [5, 5.41) is 3.43. The normalized spacial score (nSPS) is 12.3. The van der Waals surface area contributed by atoms with Crippen molar-refractivity contribution in [1.29, 1.82) is 0 Å². The smallest absolute Gasteiger partial charge is 0.175 e. The third kappa shape index (κ3) is 5.00. The molecule has 3 aromatic rings. The number of nitrogens with one attached hydrogen (secondary N) is 1. The standard InChI is InChI=1S/C24H24BrNO4/c1-2-27-23-13-18(12-20(25)24(23)30-16-17-6-4-3-5-7-17)15-26-19-8-9-21-22(14-19)29-11-10-28-21/h3-9,12-14,26H,2,10-11,15-16H2,1H3. The topological polar surface area (TPSA) is 49.0 Å². The van der Waals surface area contributed by atoms with Gasteiger partial charge in [0.25, 0.3) is 0 Å². The van der Waals surface area contributed by atoms with Gasteiger partial charge in [-0.3, -0.25) is 0 Å². The highest BCUT2D eigenvalue weighted by Gasteiger charge is 2.14. The van der Waals surface area contributed by atoms with Gasteiger partial charge in [-0.15, -0.1) is 0 Å². The van der Waals surface area contributed by atoms with Crippen LogP contribution in [0.25, 0.3) is 0 Å². The molecule has 5 nitrogen and oxygen atoms in total. The molecule has 0 atom stereocenters. The summed E-state index contributed by atoms with van der Waals surface area (Å²) in [6, 6.07) is 20.0. The predicted octanol–water partition coefficient (Wildman–Crippen LogP) is 5.81. The van der Waals surface area contributed by atoms with E-state index in [0.29, 0.717) is 38.7 Å². The zero-order chi connectivity index (χ0) is 20.8. The molecule has 1 heterocycles. The third-order valence-electron chi connectivity index (χ3n) is 4.63. The van der Waals surface area contributed by atoms with Crippen LogP contribution in [0, 0.1) is 0 Å². The van der Waals surface area contributed by atoms with Crippen LogP contribution in [0.2, 0.25) is 0 Å². The van der Waals surface area contributed by atoms with E-state index in [1.54, 1.807) is 0 Å². The molecule has 30 heavy (non-hydrogen) atoms. The van der Waals surface area contributed by atoms with E-state index in [1.807, 2.05) is 67.6 Å². The van der Waals surface area contributed by atoms with Gasteiger partial charge in [0.05, 0.1) is 11.1 Å². The van der Waals surface area contributed by atoms with E-state index in [-0.39, 0.29) is 0 Å². The Hall–Kier alpha value is -2.86. The summed E-state index contributed by atoms with van der Waals surface area (Å²) in [5.41, 5.74) is 3.15. The zero-order valence-electron chi connectivity index (χ0n) is 16.8. The first kappa shape index (κ1) is 20.4. The molecule has 1 aliphatic heterocycles. The molecule has 0 radical (unpaired) electrons. The molecule has 4 rings (SSSR count). The maximum Gasteiger partial charge on any atom is 0.175 e. The molecule has 0 amide bonds. The summed E-state index contributed by atoms with van der Waals surface area (Å²) in [6.45, 7) is 4.81. The molecule has 0 unspecified atom stereocenters. The molecule has 0 fully saturated rings. The van der Waals surface area contributed by atoms with Gasteiger partial charge in [0.1, 0.15) is 19.8 Å². The van der Waals surface area contributed by atoms with E-state index >= 15 is 0 Å². The Morgan fingerprint density at radius 3 is 2.50 bits per heavy atom. The summed E-state index contributed by atoms with van der Waals surface area (Å²) >= 11 is 3.65. The van der Waals surface area contributed by atoms with Crippen LogP contribution in [-0.2, 0) is 13.2 Å².